The molecule has 1 aliphatic rings. The van der Waals surface area contributed by atoms with Crippen LogP contribution in [0, 0.1) is 0 Å². The van der Waals surface area contributed by atoms with Crippen LogP contribution in [-0.2, 0) is 0 Å². The Balaban J connectivity index is 1.66. The standard InChI is InChI=1S/C15H15ClN4O/c16-13-5-2-1-4-12(13)15(21)20-10-8-19(9-11-20)14-6-3-7-17-18-14/h1-7H,8-11H2. The monoisotopic (exact) mass is 302 g/mol. The maximum Gasteiger partial charge on any atom is 0.255 e. The molecule has 2 heterocycles. The Kier molecular flexibility index (Phi) is 4.01. The predicted octanol–water partition coefficient (Wildman–Crippen LogP) is 2.09. The van der Waals surface area contributed by atoms with E-state index in [9.17, 15) is 4.79 Å². The van der Waals surface area contributed by atoms with Gasteiger partial charge in [-0.15, -0.1) is 5.10 Å². The van der Waals surface area contributed by atoms with E-state index in [2.05, 4.69) is 15.1 Å². The van der Waals surface area contributed by atoms with Crippen LogP contribution in [0.4, 0.5) is 5.82 Å². The molecule has 6 heteroatoms. The number of aromatic nitrogens is 2. The number of amides is 1. The van der Waals surface area contributed by atoms with Crippen molar-refractivity contribution in [1.82, 2.24) is 15.1 Å². The number of rotatable bonds is 2. The topological polar surface area (TPSA) is 49.3 Å². The van der Waals surface area contributed by atoms with E-state index in [0.29, 0.717) is 23.7 Å². The molecule has 1 saturated heterocycles. The Hall–Kier alpha value is -2.14. The number of halogens is 1. The van der Waals surface area contributed by atoms with Gasteiger partial charge in [0, 0.05) is 32.4 Å². The third-order valence-corrected chi connectivity index (χ3v) is 3.88. The lowest BCUT2D eigenvalue weighted by Gasteiger charge is -2.35. The molecular weight excluding hydrogens is 288 g/mol. The number of benzene rings is 1. The number of hydrogen-bond acceptors (Lipinski definition) is 4. The number of piperazine rings is 1. The first-order chi connectivity index (χ1) is 10.3. The number of anilines is 1. The van der Waals surface area contributed by atoms with Crippen LogP contribution in [-0.4, -0.2) is 47.2 Å². The van der Waals surface area contributed by atoms with Crippen LogP contribution in [0.3, 0.4) is 0 Å². The number of carbonyl (C=O) groups excluding carboxylic acids is 1. The summed E-state index contributed by atoms with van der Waals surface area (Å²) < 4.78 is 0. The van der Waals surface area contributed by atoms with Gasteiger partial charge in [0.25, 0.3) is 5.91 Å². The Bertz CT molecular complexity index is 627. The van der Waals surface area contributed by atoms with Gasteiger partial charge in [-0.05, 0) is 24.3 Å². The van der Waals surface area contributed by atoms with Crippen LogP contribution in [0.15, 0.2) is 42.6 Å². The molecule has 21 heavy (non-hydrogen) atoms. The molecule has 0 radical (unpaired) electrons. The van der Waals surface area contributed by atoms with E-state index in [-0.39, 0.29) is 5.91 Å². The first kappa shape index (κ1) is 13.8. The van der Waals surface area contributed by atoms with Gasteiger partial charge < -0.3 is 9.80 Å². The highest BCUT2D eigenvalue weighted by molar-refractivity contribution is 6.33. The SMILES string of the molecule is O=C(c1ccccc1Cl)N1CCN(c2cccnn2)CC1. The Morgan fingerprint density at radius 1 is 1.05 bits per heavy atom. The fourth-order valence-corrected chi connectivity index (χ4v) is 2.62. The maximum atomic E-state index is 12.5. The summed E-state index contributed by atoms with van der Waals surface area (Å²) in [5.41, 5.74) is 0.562. The van der Waals surface area contributed by atoms with Crippen molar-refractivity contribution in [2.45, 2.75) is 0 Å². The number of nitrogens with zero attached hydrogens (tertiary/aromatic N) is 4. The zero-order valence-electron chi connectivity index (χ0n) is 11.4. The van der Waals surface area contributed by atoms with Crippen molar-refractivity contribution in [2.24, 2.45) is 0 Å². The van der Waals surface area contributed by atoms with E-state index in [1.54, 1.807) is 18.3 Å². The highest BCUT2D eigenvalue weighted by Crippen LogP contribution is 2.19. The quantitative estimate of drug-likeness (QED) is 0.852. The second-order valence-electron chi connectivity index (χ2n) is 4.84. The van der Waals surface area contributed by atoms with Gasteiger partial charge in [-0.25, -0.2) is 0 Å². The molecule has 0 N–H and O–H groups in total. The summed E-state index contributed by atoms with van der Waals surface area (Å²) in [5.74, 6) is 0.835. The summed E-state index contributed by atoms with van der Waals surface area (Å²) in [4.78, 5) is 16.4. The van der Waals surface area contributed by atoms with Gasteiger partial charge in [0.2, 0.25) is 0 Å². The van der Waals surface area contributed by atoms with Gasteiger partial charge in [0.05, 0.1) is 10.6 Å². The van der Waals surface area contributed by atoms with Gasteiger partial charge in [-0.2, -0.15) is 5.10 Å². The lowest BCUT2D eigenvalue weighted by atomic mass is 10.2. The van der Waals surface area contributed by atoms with Crippen LogP contribution in [0.1, 0.15) is 10.4 Å². The first-order valence-electron chi connectivity index (χ1n) is 6.82. The largest absolute Gasteiger partial charge is 0.352 e. The Morgan fingerprint density at radius 3 is 2.48 bits per heavy atom. The van der Waals surface area contributed by atoms with Crippen LogP contribution in [0.2, 0.25) is 5.02 Å². The minimum absolute atomic E-state index is 0.0144. The van der Waals surface area contributed by atoms with Crippen LogP contribution >= 0.6 is 11.6 Å². The summed E-state index contributed by atoms with van der Waals surface area (Å²) in [6.45, 7) is 2.80. The molecular formula is C15H15ClN4O. The molecule has 0 aliphatic carbocycles. The van der Waals surface area contributed by atoms with E-state index < -0.39 is 0 Å². The van der Waals surface area contributed by atoms with E-state index in [1.165, 1.54) is 0 Å². The van der Waals surface area contributed by atoms with Crippen LogP contribution < -0.4 is 4.90 Å². The second-order valence-corrected chi connectivity index (χ2v) is 5.25. The molecule has 1 aliphatic heterocycles. The van der Waals surface area contributed by atoms with Crippen LogP contribution in [0.5, 0.6) is 0 Å². The van der Waals surface area contributed by atoms with Gasteiger partial charge in [0.1, 0.15) is 0 Å². The molecule has 1 aromatic carbocycles. The maximum absolute atomic E-state index is 12.5. The lowest BCUT2D eigenvalue weighted by molar-refractivity contribution is 0.0746. The van der Waals surface area contributed by atoms with E-state index in [1.807, 2.05) is 29.2 Å². The van der Waals surface area contributed by atoms with Crippen molar-refractivity contribution in [1.29, 1.82) is 0 Å². The van der Waals surface area contributed by atoms with E-state index >= 15 is 0 Å². The van der Waals surface area contributed by atoms with Crippen LogP contribution in [0.25, 0.3) is 0 Å². The zero-order chi connectivity index (χ0) is 14.7. The summed E-state index contributed by atoms with van der Waals surface area (Å²) in [5, 5.41) is 8.48. The smallest absolute Gasteiger partial charge is 0.255 e. The van der Waals surface area contributed by atoms with Gasteiger partial charge >= 0.3 is 0 Å². The molecule has 0 bridgehead atoms. The average Bonchev–Trinajstić information content (AvgIpc) is 2.56. The molecule has 0 atom stereocenters. The van der Waals surface area contributed by atoms with Crippen molar-refractivity contribution in [3.8, 4) is 0 Å². The van der Waals surface area contributed by atoms with E-state index in [4.69, 9.17) is 11.6 Å². The minimum Gasteiger partial charge on any atom is -0.352 e. The number of carbonyl (C=O) groups is 1. The summed E-state index contributed by atoms with van der Waals surface area (Å²) in [7, 11) is 0. The molecule has 0 saturated carbocycles. The Morgan fingerprint density at radius 2 is 1.81 bits per heavy atom. The molecule has 1 fully saturated rings. The third kappa shape index (κ3) is 2.97. The van der Waals surface area contributed by atoms with E-state index in [0.717, 1.165) is 18.9 Å². The number of hydrogen-bond donors (Lipinski definition) is 0. The normalized spacial score (nSPS) is 15.1. The minimum atomic E-state index is -0.0144. The van der Waals surface area contributed by atoms with Gasteiger partial charge in [-0.1, -0.05) is 23.7 Å². The van der Waals surface area contributed by atoms with Gasteiger partial charge in [-0.3, -0.25) is 4.79 Å². The third-order valence-electron chi connectivity index (χ3n) is 3.55. The fourth-order valence-electron chi connectivity index (χ4n) is 2.41. The van der Waals surface area contributed by atoms with Crippen molar-refractivity contribution in [2.75, 3.05) is 31.1 Å². The molecule has 5 nitrogen and oxygen atoms in total. The van der Waals surface area contributed by atoms with Crippen molar-refractivity contribution >= 4 is 23.3 Å². The average molecular weight is 303 g/mol. The van der Waals surface area contributed by atoms with Gasteiger partial charge in [0.15, 0.2) is 5.82 Å². The molecule has 2 aromatic rings. The summed E-state index contributed by atoms with van der Waals surface area (Å²) in [6.07, 6.45) is 1.65. The summed E-state index contributed by atoms with van der Waals surface area (Å²) >= 11 is 6.09. The molecule has 108 valence electrons. The van der Waals surface area contributed by atoms with Crippen molar-refractivity contribution < 1.29 is 4.79 Å². The molecule has 0 spiro atoms. The van der Waals surface area contributed by atoms with Crippen molar-refractivity contribution in [3.05, 3.63) is 53.2 Å². The molecule has 1 aromatic heterocycles. The summed E-state index contributed by atoms with van der Waals surface area (Å²) in [6, 6.07) is 11.0. The molecule has 0 unspecified atom stereocenters. The molecule has 1 amide bonds. The Labute approximate surface area is 128 Å². The first-order valence-corrected chi connectivity index (χ1v) is 7.20. The second kappa shape index (κ2) is 6.10. The highest BCUT2D eigenvalue weighted by Gasteiger charge is 2.23. The predicted molar refractivity (Wildman–Crippen MR) is 81.6 cm³/mol. The molecule has 3 rings (SSSR count). The fraction of sp³-hybridized carbons (Fsp3) is 0.267. The highest BCUT2D eigenvalue weighted by atomic mass is 35.5. The zero-order valence-corrected chi connectivity index (χ0v) is 12.2. The van der Waals surface area contributed by atoms with Crippen molar-refractivity contribution in [3.63, 3.8) is 0 Å². The lowest BCUT2D eigenvalue weighted by Crippen LogP contribution is -2.49.